The van der Waals surface area contributed by atoms with Crippen molar-refractivity contribution in [3.63, 3.8) is 0 Å². The third-order valence-corrected chi connectivity index (χ3v) is 3.50. The van der Waals surface area contributed by atoms with E-state index in [0.29, 0.717) is 19.0 Å². The standard InChI is InChI=1S/C16H22N2O/c1-4-10-18-15(19)12-17(16(18)13(2)3)11-14-8-6-5-7-9-14/h4-9,13,16H,1,10-12H2,2-3H3. The van der Waals surface area contributed by atoms with Crippen LogP contribution in [0.4, 0.5) is 0 Å². The first kappa shape index (κ1) is 13.8. The highest BCUT2D eigenvalue weighted by molar-refractivity contribution is 5.80. The van der Waals surface area contributed by atoms with Crippen molar-refractivity contribution in [1.82, 2.24) is 9.80 Å². The number of benzene rings is 1. The summed E-state index contributed by atoms with van der Waals surface area (Å²) in [5.74, 6) is 0.615. The largest absolute Gasteiger partial charge is 0.322 e. The summed E-state index contributed by atoms with van der Waals surface area (Å²) in [4.78, 5) is 16.3. The van der Waals surface area contributed by atoms with Crippen LogP contribution in [0, 0.1) is 5.92 Å². The van der Waals surface area contributed by atoms with Gasteiger partial charge in [-0.3, -0.25) is 9.69 Å². The van der Waals surface area contributed by atoms with Crippen molar-refractivity contribution in [2.75, 3.05) is 13.1 Å². The molecule has 1 heterocycles. The fraction of sp³-hybridized carbons (Fsp3) is 0.438. The summed E-state index contributed by atoms with van der Waals surface area (Å²) in [6.07, 6.45) is 1.98. The highest BCUT2D eigenvalue weighted by atomic mass is 16.2. The number of rotatable bonds is 5. The lowest BCUT2D eigenvalue weighted by Gasteiger charge is -2.32. The predicted octanol–water partition coefficient (Wildman–Crippen LogP) is 2.50. The van der Waals surface area contributed by atoms with Gasteiger partial charge in [0.1, 0.15) is 0 Å². The second kappa shape index (κ2) is 6.02. The van der Waals surface area contributed by atoms with Gasteiger partial charge in [0.25, 0.3) is 0 Å². The summed E-state index contributed by atoms with van der Waals surface area (Å²) in [5, 5.41) is 0. The molecule has 0 bridgehead atoms. The average molecular weight is 258 g/mol. The molecule has 1 aliphatic rings. The number of carbonyl (C=O) groups is 1. The van der Waals surface area contributed by atoms with Crippen LogP contribution < -0.4 is 0 Å². The van der Waals surface area contributed by atoms with Gasteiger partial charge in [-0.05, 0) is 11.5 Å². The van der Waals surface area contributed by atoms with Crippen molar-refractivity contribution in [2.24, 2.45) is 5.92 Å². The fourth-order valence-electron chi connectivity index (χ4n) is 2.80. The molecule has 1 aliphatic heterocycles. The van der Waals surface area contributed by atoms with Crippen LogP contribution in [-0.4, -0.2) is 35.0 Å². The summed E-state index contributed by atoms with van der Waals surface area (Å²) >= 11 is 0. The van der Waals surface area contributed by atoms with Gasteiger partial charge in [-0.15, -0.1) is 6.58 Å². The van der Waals surface area contributed by atoms with Gasteiger partial charge < -0.3 is 4.90 Å². The van der Waals surface area contributed by atoms with E-state index >= 15 is 0 Å². The number of hydrogen-bond acceptors (Lipinski definition) is 2. The van der Waals surface area contributed by atoms with Crippen molar-refractivity contribution in [3.05, 3.63) is 48.6 Å². The van der Waals surface area contributed by atoms with E-state index in [2.05, 4.69) is 37.5 Å². The summed E-state index contributed by atoms with van der Waals surface area (Å²) in [5.41, 5.74) is 1.25. The van der Waals surface area contributed by atoms with Gasteiger partial charge in [-0.2, -0.15) is 0 Å². The molecule has 2 rings (SSSR count). The average Bonchev–Trinajstić information content (AvgIpc) is 2.68. The number of hydrogen-bond donors (Lipinski definition) is 0. The van der Waals surface area contributed by atoms with Gasteiger partial charge in [0.2, 0.25) is 5.91 Å². The van der Waals surface area contributed by atoms with Crippen molar-refractivity contribution >= 4 is 5.91 Å². The summed E-state index contributed by atoms with van der Waals surface area (Å²) in [6.45, 7) is 10.0. The lowest BCUT2D eigenvalue weighted by molar-refractivity contribution is -0.127. The van der Waals surface area contributed by atoms with Gasteiger partial charge in [0, 0.05) is 13.1 Å². The van der Waals surface area contributed by atoms with Crippen LogP contribution >= 0.6 is 0 Å². The topological polar surface area (TPSA) is 23.6 Å². The van der Waals surface area contributed by atoms with Gasteiger partial charge in [-0.1, -0.05) is 50.3 Å². The first-order chi connectivity index (χ1) is 9.13. The number of carbonyl (C=O) groups excluding carboxylic acids is 1. The fourth-order valence-corrected chi connectivity index (χ4v) is 2.80. The third-order valence-electron chi connectivity index (χ3n) is 3.50. The Balaban J connectivity index is 2.15. The zero-order valence-corrected chi connectivity index (χ0v) is 11.7. The maximum atomic E-state index is 12.1. The Kier molecular flexibility index (Phi) is 4.38. The molecule has 102 valence electrons. The van der Waals surface area contributed by atoms with Crippen LogP contribution in [0.5, 0.6) is 0 Å². The van der Waals surface area contributed by atoms with E-state index in [0.717, 1.165) is 6.54 Å². The Bertz CT molecular complexity index is 441. The molecule has 1 aromatic rings. The minimum absolute atomic E-state index is 0.172. The molecular formula is C16H22N2O. The first-order valence-corrected chi connectivity index (χ1v) is 6.82. The lowest BCUT2D eigenvalue weighted by atomic mass is 10.1. The monoisotopic (exact) mass is 258 g/mol. The van der Waals surface area contributed by atoms with Crippen LogP contribution in [0.1, 0.15) is 19.4 Å². The van der Waals surface area contributed by atoms with Crippen LogP contribution in [0.15, 0.2) is 43.0 Å². The number of nitrogens with zero attached hydrogens (tertiary/aromatic N) is 2. The van der Waals surface area contributed by atoms with Crippen LogP contribution in [0.3, 0.4) is 0 Å². The van der Waals surface area contributed by atoms with E-state index < -0.39 is 0 Å². The minimum atomic E-state index is 0.172. The smallest absolute Gasteiger partial charge is 0.238 e. The third kappa shape index (κ3) is 3.04. The highest BCUT2D eigenvalue weighted by Crippen LogP contribution is 2.24. The molecule has 3 nitrogen and oxygen atoms in total. The molecule has 1 amide bonds. The molecule has 3 heteroatoms. The molecule has 1 atom stereocenters. The summed E-state index contributed by atoms with van der Waals surface area (Å²) in [6, 6.07) is 10.3. The second-order valence-electron chi connectivity index (χ2n) is 5.38. The molecule has 1 unspecified atom stereocenters. The van der Waals surface area contributed by atoms with Crippen LogP contribution in [0.2, 0.25) is 0 Å². The van der Waals surface area contributed by atoms with Gasteiger partial charge in [0.05, 0.1) is 12.7 Å². The molecule has 0 spiro atoms. The van der Waals surface area contributed by atoms with Gasteiger partial charge in [0.15, 0.2) is 0 Å². The maximum Gasteiger partial charge on any atom is 0.238 e. The van der Waals surface area contributed by atoms with Gasteiger partial charge >= 0.3 is 0 Å². The van der Waals surface area contributed by atoms with Crippen LogP contribution in [-0.2, 0) is 11.3 Å². The second-order valence-corrected chi connectivity index (χ2v) is 5.38. The van der Waals surface area contributed by atoms with E-state index in [9.17, 15) is 4.79 Å². The van der Waals surface area contributed by atoms with E-state index in [4.69, 9.17) is 0 Å². The Morgan fingerprint density at radius 3 is 2.63 bits per heavy atom. The molecule has 1 saturated heterocycles. The first-order valence-electron chi connectivity index (χ1n) is 6.82. The number of amides is 1. The van der Waals surface area contributed by atoms with Crippen molar-refractivity contribution in [1.29, 1.82) is 0 Å². The van der Waals surface area contributed by atoms with E-state index in [1.807, 2.05) is 23.1 Å². The Morgan fingerprint density at radius 1 is 1.37 bits per heavy atom. The molecule has 0 saturated carbocycles. The van der Waals surface area contributed by atoms with E-state index in [-0.39, 0.29) is 12.1 Å². The summed E-state index contributed by atoms with van der Waals surface area (Å²) in [7, 11) is 0. The lowest BCUT2D eigenvalue weighted by Crippen LogP contribution is -2.43. The van der Waals surface area contributed by atoms with Crippen molar-refractivity contribution in [3.8, 4) is 0 Å². The Labute approximate surface area is 115 Å². The molecule has 1 aromatic carbocycles. The quantitative estimate of drug-likeness (QED) is 0.758. The van der Waals surface area contributed by atoms with Crippen molar-refractivity contribution in [2.45, 2.75) is 26.6 Å². The molecule has 0 N–H and O–H groups in total. The van der Waals surface area contributed by atoms with E-state index in [1.54, 1.807) is 6.08 Å². The summed E-state index contributed by atoms with van der Waals surface area (Å²) < 4.78 is 0. The minimum Gasteiger partial charge on any atom is -0.322 e. The molecule has 0 aromatic heterocycles. The maximum absolute atomic E-state index is 12.1. The molecule has 1 fully saturated rings. The molecule has 19 heavy (non-hydrogen) atoms. The predicted molar refractivity (Wildman–Crippen MR) is 77.4 cm³/mol. The van der Waals surface area contributed by atoms with Gasteiger partial charge in [-0.25, -0.2) is 0 Å². The molecular weight excluding hydrogens is 236 g/mol. The molecule has 0 radical (unpaired) electrons. The zero-order valence-electron chi connectivity index (χ0n) is 11.7. The van der Waals surface area contributed by atoms with Crippen molar-refractivity contribution < 1.29 is 4.79 Å². The Morgan fingerprint density at radius 2 is 2.05 bits per heavy atom. The zero-order chi connectivity index (χ0) is 13.8. The highest BCUT2D eigenvalue weighted by Gasteiger charge is 2.38. The SMILES string of the molecule is C=CCN1C(=O)CN(Cc2ccccc2)C1C(C)C. The Hall–Kier alpha value is -1.61. The molecule has 0 aliphatic carbocycles. The normalized spacial score (nSPS) is 20.3. The van der Waals surface area contributed by atoms with Crippen LogP contribution in [0.25, 0.3) is 0 Å². The van der Waals surface area contributed by atoms with E-state index in [1.165, 1.54) is 5.56 Å².